The van der Waals surface area contributed by atoms with E-state index in [1.165, 1.54) is 11.9 Å². The maximum atomic E-state index is 11.1. The Hall–Kier alpha value is -3.48. The zero-order valence-corrected chi connectivity index (χ0v) is 15.0. The Morgan fingerprint density at radius 2 is 1.74 bits per heavy atom. The molecule has 7 nitrogen and oxygen atoms in total. The second-order valence-corrected chi connectivity index (χ2v) is 6.10. The van der Waals surface area contributed by atoms with Gasteiger partial charge in [0.15, 0.2) is 0 Å². The number of carboxylic acids is 1. The molecule has 0 aliphatic heterocycles. The predicted octanol–water partition coefficient (Wildman–Crippen LogP) is 3.14. The van der Waals surface area contributed by atoms with Crippen molar-refractivity contribution >= 4 is 17.9 Å². The third kappa shape index (κ3) is 5.24. The van der Waals surface area contributed by atoms with Gasteiger partial charge in [-0.25, -0.2) is 14.8 Å². The SMILES string of the molecule is Cc1cc(CNc2ncnc(NCCc3ccccc3)n2)ccc1C(=O)O. The van der Waals surface area contributed by atoms with Crippen molar-refractivity contribution in [1.29, 1.82) is 0 Å². The second-order valence-electron chi connectivity index (χ2n) is 6.10. The average Bonchev–Trinajstić information content (AvgIpc) is 2.67. The van der Waals surface area contributed by atoms with Crippen LogP contribution in [0, 0.1) is 6.92 Å². The van der Waals surface area contributed by atoms with E-state index in [-0.39, 0.29) is 0 Å². The molecule has 0 saturated heterocycles. The highest BCUT2D eigenvalue weighted by Gasteiger charge is 2.07. The number of aromatic nitrogens is 3. The largest absolute Gasteiger partial charge is 0.478 e. The number of hydrogen-bond donors (Lipinski definition) is 3. The molecular weight excluding hydrogens is 342 g/mol. The number of hydrogen-bond acceptors (Lipinski definition) is 6. The van der Waals surface area contributed by atoms with Gasteiger partial charge in [0.2, 0.25) is 11.9 Å². The highest BCUT2D eigenvalue weighted by Crippen LogP contribution is 2.12. The molecule has 27 heavy (non-hydrogen) atoms. The smallest absolute Gasteiger partial charge is 0.335 e. The Morgan fingerprint density at radius 3 is 2.44 bits per heavy atom. The summed E-state index contributed by atoms with van der Waals surface area (Å²) in [5.41, 5.74) is 3.23. The molecule has 7 heteroatoms. The highest BCUT2D eigenvalue weighted by atomic mass is 16.4. The van der Waals surface area contributed by atoms with Crippen LogP contribution in [0.4, 0.5) is 11.9 Å². The number of benzene rings is 2. The molecule has 0 amide bonds. The number of nitrogens with one attached hydrogen (secondary N) is 2. The summed E-state index contributed by atoms with van der Waals surface area (Å²) >= 11 is 0. The van der Waals surface area contributed by atoms with E-state index >= 15 is 0 Å². The van der Waals surface area contributed by atoms with Gasteiger partial charge in [-0.15, -0.1) is 0 Å². The Balaban J connectivity index is 1.54. The Morgan fingerprint density at radius 1 is 1.00 bits per heavy atom. The van der Waals surface area contributed by atoms with Gasteiger partial charge in [0, 0.05) is 13.1 Å². The maximum absolute atomic E-state index is 11.1. The van der Waals surface area contributed by atoms with E-state index in [1.807, 2.05) is 24.3 Å². The second kappa shape index (κ2) is 8.75. The number of rotatable bonds is 8. The van der Waals surface area contributed by atoms with Gasteiger partial charge in [0.05, 0.1) is 5.56 Å². The van der Waals surface area contributed by atoms with Crippen molar-refractivity contribution < 1.29 is 9.90 Å². The lowest BCUT2D eigenvalue weighted by Crippen LogP contribution is -2.11. The molecule has 3 N–H and O–H groups in total. The first-order chi connectivity index (χ1) is 13.1. The maximum Gasteiger partial charge on any atom is 0.335 e. The summed E-state index contributed by atoms with van der Waals surface area (Å²) < 4.78 is 0. The third-order valence-electron chi connectivity index (χ3n) is 4.08. The number of aromatic carboxylic acids is 1. The van der Waals surface area contributed by atoms with Crippen LogP contribution in [-0.4, -0.2) is 32.6 Å². The van der Waals surface area contributed by atoms with Crippen LogP contribution in [0.15, 0.2) is 54.9 Å². The fourth-order valence-electron chi connectivity index (χ4n) is 2.69. The minimum Gasteiger partial charge on any atom is -0.478 e. The van der Waals surface area contributed by atoms with Gasteiger partial charge in [0.25, 0.3) is 0 Å². The molecule has 0 radical (unpaired) electrons. The molecule has 0 bridgehead atoms. The Labute approximate surface area is 157 Å². The standard InChI is InChI=1S/C20H21N5O2/c1-14-11-16(7-8-17(14)18(26)27)12-22-20-24-13-23-19(25-20)21-10-9-15-5-3-2-4-6-15/h2-8,11,13H,9-10,12H2,1H3,(H,26,27)(H2,21,22,23,24,25). The molecule has 2 aromatic carbocycles. The van der Waals surface area contributed by atoms with Crippen LogP contribution in [0.2, 0.25) is 0 Å². The molecule has 0 unspecified atom stereocenters. The summed E-state index contributed by atoms with van der Waals surface area (Å²) in [5, 5.41) is 15.4. The first-order valence-electron chi connectivity index (χ1n) is 8.65. The van der Waals surface area contributed by atoms with Gasteiger partial charge in [-0.05, 0) is 36.1 Å². The normalized spacial score (nSPS) is 10.4. The Bertz CT molecular complexity index is 915. The van der Waals surface area contributed by atoms with Crippen molar-refractivity contribution in [3.63, 3.8) is 0 Å². The molecule has 3 aromatic rings. The van der Waals surface area contributed by atoms with Crippen LogP contribution in [0.5, 0.6) is 0 Å². The fourth-order valence-corrected chi connectivity index (χ4v) is 2.69. The summed E-state index contributed by atoms with van der Waals surface area (Å²) in [7, 11) is 0. The molecule has 0 aliphatic carbocycles. The van der Waals surface area contributed by atoms with Crippen LogP contribution < -0.4 is 10.6 Å². The highest BCUT2D eigenvalue weighted by molar-refractivity contribution is 5.89. The van der Waals surface area contributed by atoms with E-state index in [2.05, 4.69) is 37.7 Å². The van der Waals surface area contributed by atoms with Crippen LogP contribution in [-0.2, 0) is 13.0 Å². The van der Waals surface area contributed by atoms with Crippen LogP contribution >= 0.6 is 0 Å². The van der Waals surface area contributed by atoms with E-state index < -0.39 is 5.97 Å². The molecule has 0 spiro atoms. The predicted molar refractivity (Wildman–Crippen MR) is 104 cm³/mol. The molecule has 1 heterocycles. The van der Waals surface area contributed by atoms with Crippen LogP contribution in [0.1, 0.15) is 27.0 Å². The number of anilines is 2. The zero-order valence-electron chi connectivity index (χ0n) is 15.0. The van der Waals surface area contributed by atoms with Gasteiger partial charge in [0.1, 0.15) is 6.33 Å². The van der Waals surface area contributed by atoms with Gasteiger partial charge in [-0.3, -0.25) is 0 Å². The lowest BCUT2D eigenvalue weighted by atomic mass is 10.1. The van der Waals surface area contributed by atoms with Crippen LogP contribution in [0.25, 0.3) is 0 Å². The van der Waals surface area contributed by atoms with Gasteiger partial charge < -0.3 is 15.7 Å². The topological polar surface area (TPSA) is 100 Å². The van der Waals surface area contributed by atoms with E-state index in [0.717, 1.165) is 24.1 Å². The number of aryl methyl sites for hydroxylation is 1. The van der Waals surface area contributed by atoms with Crippen molar-refractivity contribution in [3.05, 3.63) is 77.1 Å². The molecule has 0 fully saturated rings. The van der Waals surface area contributed by atoms with E-state index in [1.54, 1.807) is 19.1 Å². The lowest BCUT2D eigenvalue weighted by molar-refractivity contribution is 0.0696. The van der Waals surface area contributed by atoms with E-state index in [0.29, 0.717) is 24.0 Å². The minimum atomic E-state index is -0.921. The summed E-state index contributed by atoms with van der Waals surface area (Å²) in [6.45, 7) is 3.00. The lowest BCUT2D eigenvalue weighted by Gasteiger charge is -2.09. The first-order valence-corrected chi connectivity index (χ1v) is 8.65. The molecule has 3 rings (SSSR count). The van der Waals surface area contributed by atoms with Gasteiger partial charge >= 0.3 is 5.97 Å². The molecular formula is C20H21N5O2. The zero-order chi connectivity index (χ0) is 19.1. The fraction of sp³-hybridized carbons (Fsp3) is 0.200. The number of carboxylic acid groups (broad SMARTS) is 1. The monoisotopic (exact) mass is 363 g/mol. The number of nitrogens with zero attached hydrogens (tertiary/aromatic N) is 3. The van der Waals surface area contributed by atoms with Gasteiger partial charge in [-0.2, -0.15) is 4.98 Å². The summed E-state index contributed by atoms with van der Waals surface area (Å²) in [6.07, 6.45) is 2.34. The quantitative estimate of drug-likeness (QED) is 0.565. The van der Waals surface area contributed by atoms with Crippen molar-refractivity contribution in [2.24, 2.45) is 0 Å². The van der Waals surface area contributed by atoms with E-state index in [9.17, 15) is 4.79 Å². The first kappa shape index (κ1) is 18.3. The average molecular weight is 363 g/mol. The summed E-state index contributed by atoms with van der Waals surface area (Å²) in [5.74, 6) is 0.0590. The molecule has 138 valence electrons. The minimum absolute atomic E-state index is 0.309. The molecule has 1 aromatic heterocycles. The van der Waals surface area contributed by atoms with Gasteiger partial charge in [-0.1, -0.05) is 42.5 Å². The number of carbonyl (C=O) groups is 1. The van der Waals surface area contributed by atoms with Crippen molar-refractivity contribution in [2.45, 2.75) is 19.9 Å². The van der Waals surface area contributed by atoms with Crippen molar-refractivity contribution in [3.8, 4) is 0 Å². The van der Waals surface area contributed by atoms with Crippen LogP contribution in [0.3, 0.4) is 0 Å². The molecule has 0 aliphatic rings. The third-order valence-corrected chi connectivity index (χ3v) is 4.08. The molecule has 0 saturated carbocycles. The summed E-state index contributed by atoms with van der Waals surface area (Å²) in [4.78, 5) is 23.7. The van der Waals surface area contributed by atoms with Crippen molar-refractivity contribution in [1.82, 2.24) is 15.0 Å². The molecule has 0 atom stereocenters. The summed E-state index contributed by atoms with van der Waals surface area (Å²) in [6, 6.07) is 15.4. The van der Waals surface area contributed by atoms with Crippen molar-refractivity contribution in [2.75, 3.05) is 17.2 Å². The Kier molecular flexibility index (Phi) is 5.94. The van der Waals surface area contributed by atoms with E-state index in [4.69, 9.17) is 5.11 Å².